The summed E-state index contributed by atoms with van der Waals surface area (Å²) in [7, 11) is 0. The summed E-state index contributed by atoms with van der Waals surface area (Å²) in [6.45, 7) is 5.31. The van der Waals surface area contributed by atoms with E-state index in [1.165, 1.54) is 11.1 Å². The van der Waals surface area contributed by atoms with E-state index in [0.717, 1.165) is 38.1 Å². The van der Waals surface area contributed by atoms with Crippen LogP contribution in [-0.4, -0.2) is 36.5 Å². The molecule has 0 radical (unpaired) electrons. The number of ether oxygens (including phenoxy) is 1. The number of unbranched alkanes of at least 4 members (excludes halogenated alkanes) is 1. The van der Waals surface area contributed by atoms with E-state index in [9.17, 15) is 4.79 Å². The predicted molar refractivity (Wildman–Crippen MR) is 104 cm³/mol. The summed E-state index contributed by atoms with van der Waals surface area (Å²) in [4.78, 5) is 14.6. The van der Waals surface area contributed by atoms with Gasteiger partial charge in [0.1, 0.15) is 5.75 Å². The van der Waals surface area contributed by atoms with Crippen molar-refractivity contribution in [3.8, 4) is 5.75 Å². The smallest absolute Gasteiger partial charge is 0.237 e. The van der Waals surface area contributed by atoms with Crippen LogP contribution < -0.4 is 10.1 Å². The van der Waals surface area contributed by atoms with E-state index in [1.807, 2.05) is 30.3 Å². The molecule has 0 bridgehead atoms. The summed E-state index contributed by atoms with van der Waals surface area (Å²) in [5, 5.41) is 3.07. The highest BCUT2D eigenvalue weighted by atomic mass is 16.5. The first-order chi connectivity index (χ1) is 12.7. The number of likely N-dealkylation sites (tertiary alicyclic amines) is 1. The van der Waals surface area contributed by atoms with Gasteiger partial charge in [-0.25, -0.2) is 0 Å². The Labute approximate surface area is 156 Å². The van der Waals surface area contributed by atoms with E-state index in [2.05, 4.69) is 41.4 Å². The molecule has 0 saturated carbocycles. The molecule has 1 saturated heterocycles. The molecule has 2 aromatic rings. The Bertz CT molecular complexity index is 685. The molecule has 0 aliphatic carbocycles. The van der Waals surface area contributed by atoms with Crippen molar-refractivity contribution in [1.29, 1.82) is 0 Å². The Morgan fingerprint density at radius 2 is 1.88 bits per heavy atom. The van der Waals surface area contributed by atoms with Crippen LogP contribution in [0, 0.1) is 6.92 Å². The SMILES string of the molecule is Cc1ccc(OCCCCNC(=O)[C@@H]2CCN2Cc2ccccc2)cc1. The molecule has 1 amide bonds. The predicted octanol–water partition coefficient (Wildman–Crippen LogP) is 3.54. The van der Waals surface area contributed by atoms with Crippen molar-refractivity contribution in [3.05, 3.63) is 65.7 Å². The van der Waals surface area contributed by atoms with Gasteiger partial charge in [-0.3, -0.25) is 9.69 Å². The highest BCUT2D eigenvalue weighted by Crippen LogP contribution is 2.20. The molecule has 0 aromatic heterocycles. The number of aryl methyl sites for hydroxylation is 1. The summed E-state index contributed by atoms with van der Waals surface area (Å²) >= 11 is 0. The van der Waals surface area contributed by atoms with Gasteiger partial charge >= 0.3 is 0 Å². The fourth-order valence-corrected chi connectivity index (χ4v) is 3.13. The zero-order valence-corrected chi connectivity index (χ0v) is 15.5. The maximum atomic E-state index is 12.3. The molecule has 4 nitrogen and oxygen atoms in total. The summed E-state index contributed by atoms with van der Waals surface area (Å²) in [5.41, 5.74) is 2.50. The normalized spacial score (nSPS) is 16.7. The number of nitrogens with zero attached hydrogens (tertiary/aromatic N) is 1. The van der Waals surface area contributed by atoms with Crippen LogP contribution in [0.15, 0.2) is 54.6 Å². The van der Waals surface area contributed by atoms with Crippen molar-refractivity contribution < 1.29 is 9.53 Å². The van der Waals surface area contributed by atoms with Crippen LogP contribution in [0.3, 0.4) is 0 Å². The van der Waals surface area contributed by atoms with Gasteiger partial charge in [-0.05, 0) is 43.9 Å². The number of hydrogen-bond acceptors (Lipinski definition) is 3. The lowest BCUT2D eigenvalue weighted by Crippen LogP contribution is -2.55. The molecule has 1 N–H and O–H groups in total. The molecule has 26 heavy (non-hydrogen) atoms. The van der Waals surface area contributed by atoms with E-state index in [4.69, 9.17) is 4.74 Å². The van der Waals surface area contributed by atoms with Crippen molar-refractivity contribution in [1.82, 2.24) is 10.2 Å². The molecule has 2 aromatic carbocycles. The van der Waals surface area contributed by atoms with Gasteiger partial charge in [0, 0.05) is 19.6 Å². The molecule has 1 fully saturated rings. The molecule has 4 heteroatoms. The van der Waals surface area contributed by atoms with Gasteiger partial charge in [-0.2, -0.15) is 0 Å². The van der Waals surface area contributed by atoms with Crippen LogP contribution in [0.5, 0.6) is 5.75 Å². The Kier molecular flexibility index (Phi) is 6.67. The minimum atomic E-state index is 0.0269. The third kappa shape index (κ3) is 5.33. The number of carbonyl (C=O) groups excluding carboxylic acids is 1. The highest BCUT2D eigenvalue weighted by molar-refractivity contribution is 5.82. The van der Waals surface area contributed by atoms with Gasteiger partial charge in [-0.15, -0.1) is 0 Å². The van der Waals surface area contributed by atoms with Gasteiger partial charge in [0.2, 0.25) is 5.91 Å². The van der Waals surface area contributed by atoms with Gasteiger partial charge in [0.15, 0.2) is 0 Å². The Hall–Kier alpha value is -2.33. The third-order valence-electron chi connectivity index (χ3n) is 4.82. The topological polar surface area (TPSA) is 41.6 Å². The number of carbonyl (C=O) groups is 1. The number of rotatable bonds is 9. The molecule has 0 unspecified atom stereocenters. The first-order valence-corrected chi connectivity index (χ1v) is 9.47. The lowest BCUT2D eigenvalue weighted by Gasteiger charge is -2.39. The summed E-state index contributed by atoms with van der Waals surface area (Å²) < 4.78 is 5.71. The Morgan fingerprint density at radius 3 is 2.58 bits per heavy atom. The number of benzene rings is 2. The molecule has 3 rings (SSSR count). The standard InChI is InChI=1S/C22H28N2O2/c1-18-9-11-20(12-10-18)26-16-6-5-14-23-22(25)21-13-15-24(21)17-19-7-3-2-4-8-19/h2-4,7-12,21H,5-6,13-17H2,1H3,(H,23,25)/t21-/m0/s1. The summed E-state index contributed by atoms with van der Waals surface area (Å²) in [6, 6.07) is 18.5. The van der Waals surface area contributed by atoms with Crippen molar-refractivity contribution in [3.63, 3.8) is 0 Å². The Morgan fingerprint density at radius 1 is 1.12 bits per heavy atom. The average molecular weight is 352 g/mol. The van der Waals surface area contributed by atoms with Crippen LogP contribution >= 0.6 is 0 Å². The fourth-order valence-electron chi connectivity index (χ4n) is 3.13. The quantitative estimate of drug-likeness (QED) is 0.702. The van der Waals surface area contributed by atoms with Crippen LogP contribution in [-0.2, 0) is 11.3 Å². The van der Waals surface area contributed by atoms with Crippen molar-refractivity contribution in [2.24, 2.45) is 0 Å². The van der Waals surface area contributed by atoms with Crippen LogP contribution in [0.2, 0.25) is 0 Å². The second kappa shape index (κ2) is 9.39. The van der Waals surface area contributed by atoms with E-state index < -0.39 is 0 Å². The van der Waals surface area contributed by atoms with Crippen molar-refractivity contribution >= 4 is 5.91 Å². The minimum Gasteiger partial charge on any atom is -0.494 e. The maximum Gasteiger partial charge on any atom is 0.237 e. The average Bonchev–Trinajstić information content (AvgIpc) is 2.64. The molecule has 1 heterocycles. The van der Waals surface area contributed by atoms with Gasteiger partial charge < -0.3 is 10.1 Å². The first-order valence-electron chi connectivity index (χ1n) is 9.47. The molecular weight excluding hydrogens is 324 g/mol. The zero-order chi connectivity index (χ0) is 18.2. The number of hydrogen-bond donors (Lipinski definition) is 1. The van der Waals surface area contributed by atoms with E-state index in [0.29, 0.717) is 13.2 Å². The van der Waals surface area contributed by atoms with Crippen LogP contribution in [0.25, 0.3) is 0 Å². The zero-order valence-electron chi connectivity index (χ0n) is 15.5. The highest BCUT2D eigenvalue weighted by Gasteiger charge is 2.33. The van der Waals surface area contributed by atoms with E-state index in [1.54, 1.807) is 0 Å². The van der Waals surface area contributed by atoms with E-state index in [-0.39, 0.29) is 11.9 Å². The molecule has 0 spiro atoms. The lowest BCUT2D eigenvalue weighted by atomic mass is 10.0. The molecule has 138 valence electrons. The number of amides is 1. The second-order valence-electron chi connectivity index (χ2n) is 6.92. The summed E-state index contributed by atoms with van der Waals surface area (Å²) in [6.07, 6.45) is 2.82. The monoisotopic (exact) mass is 352 g/mol. The summed E-state index contributed by atoms with van der Waals surface area (Å²) in [5.74, 6) is 1.07. The van der Waals surface area contributed by atoms with Crippen molar-refractivity contribution in [2.75, 3.05) is 19.7 Å². The van der Waals surface area contributed by atoms with Crippen LogP contribution in [0.1, 0.15) is 30.4 Å². The van der Waals surface area contributed by atoms with Gasteiger partial charge in [0.25, 0.3) is 0 Å². The lowest BCUT2D eigenvalue weighted by molar-refractivity contribution is -0.131. The minimum absolute atomic E-state index is 0.0269. The first kappa shape index (κ1) is 18.5. The third-order valence-corrected chi connectivity index (χ3v) is 4.82. The fraction of sp³-hybridized carbons (Fsp3) is 0.409. The Balaban J connectivity index is 1.28. The van der Waals surface area contributed by atoms with Gasteiger partial charge in [-0.1, -0.05) is 48.0 Å². The van der Waals surface area contributed by atoms with Crippen LogP contribution in [0.4, 0.5) is 0 Å². The molecule has 1 atom stereocenters. The molecular formula is C22H28N2O2. The van der Waals surface area contributed by atoms with Crippen molar-refractivity contribution in [2.45, 2.75) is 38.8 Å². The number of nitrogens with one attached hydrogen (secondary N) is 1. The largest absolute Gasteiger partial charge is 0.494 e. The van der Waals surface area contributed by atoms with Gasteiger partial charge in [0.05, 0.1) is 12.6 Å². The second-order valence-corrected chi connectivity index (χ2v) is 6.92. The maximum absolute atomic E-state index is 12.3. The molecule has 1 aliphatic rings. The van der Waals surface area contributed by atoms with E-state index >= 15 is 0 Å². The molecule has 1 aliphatic heterocycles.